The summed E-state index contributed by atoms with van der Waals surface area (Å²) in [6.45, 7) is 4.30. The van der Waals surface area contributed by atoms with Crippen molar-refractivity contribution in [1.29, 1.82) is 0 Å². The molecule has 0 unspecified atom stereocenters. The zero-order chi connectivity index (χ0) is 10.8. The Morgan fingerprint density at radius 2 is 1.93 bits per heavy atom. The van der Waals surface area contributed by atoms with E-state index in [9.17, 15) is 0 Å². The summed E-state index contributed by atoms with van der Waals surface area (Å²) in [6.07, 6.45) is 3.58. The van der Waals surface area contributed by atoms with Gasteiger partial charge in [-0.2, -0.15) is 0 Å². The summed E-state index contributed by atoms with van der Waals surface area (Å²) in [5, 5.41) is 1.05. The molecule has 4 heteroatoms. The van der Waals surface area contributed by atoms with E-state index in [0.29, 0.717) is 5.92 Å². The molecule has 0 N–H and O–H groups in total. The molecule has 78 valence electrons. The van der Waals surface area contributed by atoms with Crippen molar-refractivity contribution < 1.29 is 0 Å². The molecule has 0 aliphatic heterocycles. The predicted molar refractivity (Wildman–Crippen MR) is 67.1 cm³/mol. The minimum absolute atomic E-state index is 0.450. The van der Waals surface area contributed by atoms with E-state index in [1.54, 1.807) is 23.7 Å². The van der Waals surface area contributed by atoms with Crippen molar-refractivity contribution in [2.24, 2.45) is 0 Å². The van der Waals surface area contributed by atoms with Crippen molar-refractivity contribution in [2.75, 3.05) is 0 Å². The lowest BCUT2D eigenvalue weighted by Crippen LogP contribution is -1.88. The molecule has 2 aromatic rings. The molecule has 0 aliphatic carbocycles. The average Bonchev–Trinajstić information content (AvgIpc) is 2.62. The Kier molecular flexibility index (Phi) is 3.17. The fourth-order valence-electron chi connectivity index (χ4n) is 1.29. The van der Waals surface area contributed by atoms with Crippen molar-refractivity contribution in [3.8, 4) is 10.6 Å². The standard InChI is InChI=1S/C11H11BrN2S/c1-7(2)9-10(12)15-11(14-9)8-3-5-13-6-4-8/h3-7H,1-2H3. The van der Waals surface area contributed by atoms with Crippen LogP contribution in [0.4, 0.5) is 0 Å². The van der Waals surface area contributed by atoms with Gasteiger partial charge in [-0.15, -0.1) is 11.3 Å². The average molecular weight is 283 g/mol. The molecular weight excluding hydrogens is 272 g/mol. The highest BCUT2D eigenvalue weighted by Crippen LogP contribution is 2.34. The summed E-state index contributed by atoms with van der Waals surface area (Å²) >= 11 is 5.23. The first-order valence-corrected chi connectivity index (χ1v) is 6.36. The van der Waals surface area contributed by atoms with Gasteiger partial charge in [0, 0.05) is 18.0 Å². The Balaban J connectivity index is 2.43. The Bertz CT molecular complexity index is 451. The fourth-order valence-corrected chi connectivity index (χ4v) is 3.25. The van der Waals surface area contributed by atoms with Crippen LogP contribution in [0.15, 0.2) is 28.3 Å². The van der Waals surface area contributed by atoms with Gasteiger partial charge in [-0.1, -0.05) is 13.8 Å². The Hall–Kier alpha value is -0.740. The maximum absolute atomic E-state index is 4.62. The lowest BCUT2D eigenvalue weighted by Gasteiger charge is -1.98. The number of aromatic nitrogens is 2. The molecule has 0 saturated carbocycles. The Morgan fingerprint density at radius 1 is 1.27 bits per heavy atom. The van der Waals surface area contributed by atoms with Crippen molar-refractivity contribution in [3.63, 3.8) is 0 Å². The first-order valence-electron chi connectivity index (χ1n) is 4.75. The van der Waals surface area contributed by atoms with E-state index < -0.39 is 0 Å². The van der Waals surface area contributed by atoms with Gasteiger partial charge in [0.25, 0.3) is 0 Å². The summed E-state index contributed by atoms with van der Waals surface area (Å²) in [7, 11) is 0. The minimum atomic E-state index is 0.450. The van der Waals surface area contributed by atoms with Crippen LogP contribution in [0.3, 0.4) is 0 Å². The summed E-state index contributed by atoms with van der Waals surface area (Å²) in [5.41, 5.74) is 2.26. The summed E-state index contributed by atoms with van der Waals surface area (Å²) in [4.78, 5) is 8.62. The van der Waals surface area contributed by atoms with Crippen LogP contribution < -0.4 is 0 Å². The largest absolute Gasteiger partial charge is 0.265 e. The normalized spacial score (nSPS) is 10.9. The molecule has 0 saturated heterocycles. The Labute approximate surface area is 102 Å². The summed E-state index contributed by atoms with van der Waals surface area (Å²) in [6, 6.07) is 3.96. The molecule has 0 atom stereocenters. The number of thiazole rings is 1. The minimum Gasteiger partial charge on any atom is -0.265 e. The van der Waals surface area contributed by atoms with Crippen LogP contribution in [-0.4, -0.2) is 9.97 Å². The van der Waals surface area contributed by atoms with E-state index in [4.69, 9.17) is 0 Å². The third-order valence-electron chi connectivity index (χ3n) is 2.08. The number of hydrogen-bond acceptors (Lipinski definition) is 3. The van der Waals surface area contributed by atoms with Crippen LogP contribution in [0.1, 0.15) is 25.5 Å². The molecule has 2 heterocycles. The quantitative estimate of drug-likeness (QED) is 0.829. The lowest BCUT2D eigenvalue weighted by molar-refractivity contribution is 0.829. The molecule has 0 spiro atoms. The smallest absolute Gasteiger partial charge is 0.124 e. The second-order valence-electron chi connectivity index (χ2n) is 3.57. The lowest BCUT2D eigenvalue weighted by atomic mass is 10.2. The SMILES string of the molecule is CC(C)c1nc(-c2ccncc2)sc1Br. The maximum Gasteiger partial charge on any atom is 0.124 e. The van der Waals surface area contributed by atoms with Gasteiger partial charge in [-0.3, -0.25) is 4.98 Å². The van der Waals surface area contributed by atoms with Gasteiger partial charge >= 0.3 is 0 Å². The second kappa shape index (κ2) is 4.41. The molecule has 0 aliphatic rings. The molecule has 0 radical (unpaired) electrons. The number of hydrogen-bond donors (Lipinski definition) is 0. The van der Waals surface area contributed by atoms with Crippen LogP contribution in [-0.2, 0) is 0 Å². The van der Waals surface area contributed by atoms with E-state index in [1.807, 2.05) is 12.1 Å². The second-order valence-corrected chi connectivity index (χ2v) is 5.89. The van der Waals surface area contributed by atoms with Gasteiger partial charge in [0.05, 0.1) is 9.48 Å². The van der Waals surface area contributed by atoms with Crippen LogP contribution in [0, 0.1) is 0 Å². The molecule has 0 amide bonds. The van der Waals surface area contributed by atoms with E-state index in [1.165, 1.54) is 0 Å². The predicted octanol–water partition coefficient (Wildman–Crippen LogP) is 4.09. The van der Waals surface area contributed by atoms with Gasteiger partial charge in [0.1, 0.15) is 5.01 Å². The van der Waals surface area contributed by atoms with Crippen molar-refractivity contribution in [3.05, 3.63) is 34.0 Å². The highest BCUT2D eigenvalue weighted by Gasteiger charge is 2.12. The molecule has 0 bridgehead atoms. The van der Waals surface area contributed by atoms with E-state index >= 15 is 0 Å². The fraction of sp³-hybridized carbons (Fsp3) is 0.273. The van der Waals surface area contributed by atoms with Crippen LogP contribution in [0.2, 0.25) is 0 Å². The van der Waals surface area contributed by atoms with E-state index in [-0.39, 0.29) is 0 Å². The van der Waals surface area contributed by atoms with Gasteiger partial charge < -0.3 is 0 Å². The van der Waals surface area contributed by atoms with Crippen LogP contribution >= 0.6 is 27.3 Å². The van der Waals surface area contributed by atoms with Gasteiger partial charge in [-0.25, -0.2) is 4.98 Å². The summed E-state index contributed by atoms with van der Waals surface area (Å²) < 4.78 is 1.13. The molecule has 0 aromatic carbocycles. The molecule has 0 fully saturated rings. The zero-order valence-corrected chi connectivity index (χ0v) is 11.0. The molecule has 2 nitrogen and oxygen atoms in total. The third kappa shape index (κ3) is 2.26. The van der Waals surface area contributed by atoms with Crippen molar-refractivity contribution in [1.82, 2.24) is 9.97 Å². The highest BCUT2D eigenvalue weighted by molar-refractivity contribution is 9.11. The summed E-state index contributed by atoms with van der Waals surface area (Å²) in [5.74, 6) is 0.450. The molecular formula is C11H11BrN2S. The van der Waals surface area contributed by atoms with Crippen molar-refractivity contribution in [2.45, 2.75) is 19.8 Å². The van der Waals surface area contributed by atoms with E-state index in [0.717, 1.165) is 20.1 Å². The number of rotatable bonds is 2. The van der Waals surface area contributed by atoms with Gasteiger partial charge in [0.2, 0.25) is 0 Å². The first kappa shape index (κ1) is 10.8. The van der Waals surface area contributed by atoms with Crippen LogP contribution in [0.25, 0.3) is 10.6 Å². The van der Waals surface area contributed by atoms with Crippen LogP contribution in [0.5, 0.6) is 0 Å². The molecule has 2 rings (SSSR count). The van der Waals surface area contributed by atoms with E-state index in [2.05, 4.69) is 39.7 Å². The Morgan fingerprint density at radius 3 is 2.47 bits per heavy atom. The third-order valence-corrected chi connectivity index (χ3v) is 3.88. The molecule has 2 aromatic heterocycles. The first-order chi connectivity index (χ1) is 7.18. The monoisotopic (exact) mass is 282 g/mol. The van der Waals surface area contributed by atoms with Gasteiger partial charge in [0.15, 0.2) is 0 Å². The number of pyridine rings is 1. The zero-order valence-electron chi connectivity index (χ0n) is 8.57. The van der Waals surface area contributed by atoms with Gasteiger partial charge in [-0.05, 0) is 34.0 Å². The number of nitrogens with zero attached hydrogens (tertiary/aromatic N) is 2. The maximum atomic E-state index is 4.62. The van der Waals surface area contributed by atoms with Crippen molar-refractivity contribution >= 4 is 27.3 Å². The number of halogens is 1. The highest BCUT2D eigenvalue weighted by atomic mass is 79.9. The topological polar surface area (TPSA) is 25.8 Å². The molecule has 15 heavy (non-hydrogen) atoms.